The molecule has 0 spiro atoms. The summed E-state index contributed by atoms with van der Waals surface area (Å²) < 4.78 is 32.2. The standard InChI is InChI=1S/C13H17F2NO/c1-9(16-7-10-5-6-17-8-10)13-11(14)3-2-4-12(13)15/h2-4,9-10,16H,5-8H2,1H3. The van der Waals surface area contributed by atoms with E-state index in [1.807, 2.05) is 0 Å². The van der Waals surface area contributed by atoms with Crippen LogP contribution in [-0.4, -0.2) is 19.8 Å². The number of ether oxygens (including phenoxy) is 1. The second-order valence-electron chi connectivity index (χ2n) is 4.49. The molecule has 2 atom stereocenters. The second-order valence-corrected chi connectivity index (χ2v) is 4.49. The van der Waals surface area contributed by atoms with Gasteiger partial charge in [-0.15, -0.1) is 0 Å². The van der Waals surface area contributed by atoms with Gasteiger partial charge >= 0.3 is 0 Å². The van der Waals surface area contributed by atoms with E-state index in [0.717, 1.165) is 26.2 Å². The average Bonchev–Trinajstić information content (AvgIpc) is 2.79. The minimum absolute atomic E-state index is 0.117. The Bertz CT molecular complexity index is 357. The Kier molecular flexibility index (Phi) is 4.07. The summed E-state index contributed by atoms with van der Waals surface area (Å²) in [6.07, 6.45) is 1.01. The van der Waals surface area contributed by atoms with E-state index >= 15 is 0 Å². The predicted octanol–water partition coefficient (Wildman–Crippen LogP) is 2.65. The van der Waals surface area contributed by atoms with E-state index in [4.69, 9.17) is 4.74 Å². The SMILES string of the molecule is CC(NCC1CCOC1)c1c(F)cccc1F. The molecule has 1 N–H and O–H groups in total. The smallest absolute Gasteiger partial charge is 0.130 e. The van der Waals surface area contributed by atoms with Gasteiger partial charge in [0.05, 0.1) is 6.61 Å². The van der Waals surface area contributed by atoms with Crippen LogP contribution in [0.3, 0.4) is 0 Å². The molecule has 0 amide bonds. The number of benzene rings is 1. The van der Waals surface area contributed by atoms with Crippen LogP contribution in [0.2, 0.25) is 0 Å². The molecule has 94 valence electrons. The first-order valence-corrected chi connectivity index (χ1v) is 5.93. The highest BCUT2D eigenvalue weighted by molar-refractivity contribution is 5.22. The third kappa shape index (κ3) is 3.01. The van der Waals surface area contributed by atoms with Crippen molar-refractivity contribution in [2.24, 2.45) is 5.92 Å². The summed E-state index contributed by atoms with van der Waals surface area (Å²) in [4.78, 5) is 0. The number of hydrogen-bond acceptors (Lipinski definition) is 2. The van der Waals surface area contributed by atoms with Crippen LogP contribution in [0, 0.1) is 17.6 Å². The zero-order chi connectivity index (χ0) is 12.3. The topological polar surface area (TPSA) is 21.3 Å². The molecule has 1 aromatic rings. The van der Waals surface area contributed by atoms with Gasteiger partial charge in [0.1, 0.15) is 11.6 Å². The van der Waals surface area contributed by atoms with Gasteiger partial charge in [-0.25, -0.2) is 8.78 Å². The second kappa shape index (κ2) is 5.56. The molecule has 2 nitrogen and oxygen atoms in total. The Balaban J connectivity index is 1.96. The normalized spacial score (nSPS) is 21.7. The minimum Gasteiger partial charge on any atom is -0.381 e. The Morgan fingerprint density at radius 2 is 2.12 bits per heavy atom. The summed E-state index contributed by atoms with van der Waals surface area (Å²) >= 11 is 0. The molecule has 4 heteroatoms. The maximum Gasteiger partial charge on any atom is 0.130 e. The Morgan fingerprint density at radius 3 is 2.71 bits per heavy atom. The molecule has 1 aromatic carbocycles. The average molecular weight is 241 g/mol. The summed E-state index contributed by atoms with van der Waals surface area (Å²) in [6, 6.07) is 3.63. The van der Waals surface area contributed by atoms with Crippen molar-refractivity contribution in [2.75, 3.05) is 19.8 Å². The quantitative estimate of drug-likeness (QED) is 0.875. The highest BCUT2D eigenvalue weighted by Crippen LogP contribution is 2.21. The molecular weight excluding hydrogens is 224 g/mol. The lowest BCUT2D eigenvalue weighted by molar-refractivity contribution is 0.184. The summed E-state index contributed by atoms with van der Waals surface area (Å²) in [5.74, 6) is -0.535. The van der Waals surface area contributed by atoms with Crippen molar-refractivity contribution in [3.05, 3.63) is 35.4 Å². The molecule has 17 heavy (non-hydrogen) atoms. The largest absolute Gasteiger partial charge is 0.381 e. The van der Waals surface area contributed by atoms with Crippen LogP contribution in [0.4, 0.5) is 8.78 Å². The van der Waals surface area contributed by atoms with Crippen LogP contribution in [-0.2, 0) is 4.74 Å². The molecule has 1 heterocycles. The summed E-state index contributed by atoms with van der Waals surface area (Å²) in [6.45, 7) is 4.03. The van der Waals surface area contributed by atoms with Crippen molar-refractivity contribution < 1.29 is 13.5 Å². The van der Waals surface area contributed by atoms with Gasteiger partial charge in [0, 0.05) is 24.8 Å². The first kappa shape index (κ1) is 12.5. The van der Waals surface area contributed by atoms with Gasteiger partial charge in [-0.2, -0.15) is 0 Å². The number of rotatable bonds is 4. The van der Waals surface area contributed by atoms with Gasteiger partial charge in [-0.05, 0) is 31.4 Å². The Hall–Kier alpha value is -1.00. The highest BCUT2D eigenvalue weighted by atomic mass is 19.1. The summed E-state index contributed by atoms with van der Waals surface area (Å²) in [5, 5.41) is 3.16. The Labute approximate surface area is 100.0 Å². The summed E-state index contributed by atoms with van der Waals surface area (Å²) in [7, 11) is 0. The number of halogens is 2. The first-order chi connectivity index (χ1) is 8.18. The van der Waals surface area contributed by atoms with Crippen molar-refractivity contribution >= 4 is 0 Å². The fraction of sp³-hybridized carbons (Fsp3) is 0.538. The fourth-order valence-electron chi connectivity index (χ4n) is 2.11. The van der Waals surface area contributed by atoms with E-state index in [1.165, 1.54) is 18.2 Å². The van der Waals surface area contributed by atoms with Crippen molar-refractivity contribution in [3.8, 4) is 0 Å². The molecule has 0 radical (unpaired) electrons. The van der Waals surface area contributed by atoms with Crippen LogP contribution >= 0.6 is 0 Å². The van der Waals surface area contributed by atoms with Gasteiger partial charge in [0.25, 0.3) is 0 Å². The van der Waals surface area contributed by atoms with Crippen LogP contribution in [0.1, 0.15) is 24.9 Å². The van der Waals surface area contributed by atoms with Crippen molar-refractivity contribution in [2.45, 2.75) is 19.4 Å². The lowest BCUT2D eigenvalue weighted by Crippen LogP contribution is -2.27. The maximum atomic E-state index is 13.5. The third-order valence-electron chi connectivity index (χ3n) is 3.17. The molecule has 1 fully saturated rings. The van der Waals surface area contributed by atoms with Crippen molar-refractivity contribution in [1.82, 2.24) is 5.32 Å². The minimum atomic E-state index is -0.493. The zero-order valence-corrected chi connectivity index (χ0v) is 9.88. The van der Waals surface area contributed by atoms with Gasteiger partial charge in [-0.1, -0.05) is 6.07 Å². The maximum absolute atomic E-state index is 13.5. The Morgan fingerprint density at radius 1 is 1.41 bits per heavy atom. The first-order valence-electron chi connectivity index (χ1n) is 5.93. The van der Waals surface area contributed by atoms with Gasteiger partial charge in [0.2, 0.25) is 0 Å². The van der Waals surface area contributed by atoms with Crippen LogP contribution < -0.4 is 5.32 Å². The molecule has 2 unspecified atom stereocenters. The molecule has 0 saturated carbocycles. The molecule has 1 saturated heterocycles. The molecule has 0 bridgehead atoms. The van der Waals surface area contributed by atoms with Gasteiger partial charge < -0.3 is 10.1 Å². The van der Waals surface area contributed by atoms with E-state index in [0.29, 0.717) is 5.92 Å². The zero-order valence-electron chi connectivity index (χ0n) is 9.88. The van der Waals surface area contributed by atoms with E-state index in [2.05, 4.69) is 5.32 Å². The lowest BCUT2D eigenvalue weighted by atomic mass is 10.0. The number of hydrogen-bond donors (Lipinski definition) is 1. The molecule has 2 rings (SSSR count). The third-order valence-corrected chi connectivity index (χ3v) is 3.17. The van der Waals surface area contributed by atoms with E-state index in [9.17, 15) is 8.78 Å². The van der Waals surface area contributed by atoms with Crippen LogP contribution in [0.25, 0.3) is 0 Å². The van der Waals surface area contributed by atoms with Crippen LogP contribution in [0.5, 0.6) is 0 Å². The molecule has 0 aliphatic carbocycles. The lowest BCUT2D eigenvalue weighted by Gasteiger charge is -2.17. The van der Waals surface area contributed by atoms with E-state index < -0.39 is 11.6 Å². The number of nitrogens with one attached hydrogen (secondary N) is 1. The molecule has 1 aliphatic rings. The van der Waals surface area contributed by atoms with Crippen molar-refractivity contribution in [1.29, 1.82) is 0 Å². The van der Waals surface area contributed by atoms with Gasteiger partial charge in [-0.3, -0.25) is 0 Å². The van der Waals surface area contributed by atoms with Crippen molar-refractivity contribution in [3.63, 3.8) is 0 Å². The summed E-state index contributed by atoms with van der Waals surface area (Å²) in [5.41, 5.74) is 0.117. The van der Waals surface area contributed by atoms with E-state index in [-0.39, 0.29) is 11.6 Å². The molecule has 0 aromatic heterocycles. The fourth-order valence-corrected chi connectivity index (χ4v) is 2.11. The monoisotopic (exact) mass is 241 g/mol. The molecular formula is C13H17F2NO. The van der Waals surface area contributed by atoms with Crippen LogP contribution in [0.15, 0.2) is 18.2 Å². The van der Waals surface area contributed by atoms with E-state index in [1.54, 1.807) is 6.92 Å². The van der Waals surface area contributed by atoms with Gasteiger partial charge in [0.15, 0.2) is 0 Å². The predicted molar refractivity (Wildman–Crippen MR) is 61.7 cm³/mol. The molecule has 1 aliphatic heterocycles. The highest BCUT2D eigenvalue weighted by Gasteiger charge is 2.19.